The summed E-state index contributed by atoms with van der Waals surface area (Å²) in [5.74, 6) is -0.905. The lowest BCUT2D eigenvalue weighted by Crippen LogP contribution is -2.30. The topological polar surface area (TPSA) is 59.1 Å². The molecule has 6 heteroatoms. The van der Waals surface area contributed by atoms with Gasteiger partial charge in [-0.1, -0.05) is 33.6 Å². The van der Waals surface area contributed by atoms with Crippen molar-refractivity contribution in [2.45, 2.75) is 6.92 Å². The van der Waals surface area contributed by atoms with Crippen molar-refractivity contribution in [2.24, 2.45) is 0 Å². The summed E-state index contributed by atoms with van der Waals surface area (Å²) in [6.07, 6.45) is 0. The minimum atomic E-state index is -0.483. The summed E-state index contributed by atoms with van der Waals surface area (Å²) in [5, 5.41) is 2.65. The summed E-state index contributed by atoms with van der Waals surface area (Å²) in [7, 11) is 0. The standard InChI is InChI=1S/C16H11BrN2O2S/c1-9-3-2-4-10(7-9)14(20)19-15(21)16-18-12-6-5-11(17)8-13(12)22-16/h2-8H,1H3,(H,19,20,21). The van der Waals surface area contributed by atoms with Crippen LogP contribution in [-0.2, 0) is 0 Å². The number of rotatable bonds is 2. The van der Waals surface area contributed by atoms with Crippen molar-refractivity contribution in [3.05, 3.63) is 63.1 Å². The van der Waals surface area contributed by atoms with Gasteiger partial charge in [-0.15, -0.1) is 11.3 Å². The van der Waals surface area contributed by atoms with Crippen molar-refractivity contribution in [1.82, 2.24) is 10.3 Å². The molecular weight excluding hydrogens is 364 g/mol. The molecule has 2 amide bonds. The van der Waals surface area contributed by atoms with E-state index in [1.165, 1.54) is 11.3 Å². The number of halogens is 1. The highest BCUT2D eigenvalue weighted by Gasteiger charge is 2.16. The minimum absolute atomic E-state index is 0.272. The number of imide groups is 1. The van der Waals surface area contributed by atoms with Crippen LogP contribution in [0.4, 0.5) is 0 Å². The van der Waals surface area contributed by atoms with Gasteiger partial charge in [-0.05, 0) is 37.3 Å². The van der Waals surface area contributed by atoms with Gasteiger partial charge in [0, 0.05) is 10.0 Å². The fourth-order valence-corrected chi connectivity index (χ4v) is 3.42. The van der Waals surface area contributed by atoms with E-state index in [0.717, 1.165) is 20.3 Å². The molecule has 0 bridgehead atoms. The van der Waals surface area contributed by atoms with Crippen molar-refractivity contribution in [2.75, 3.05) is 0 Å². The van der Waals surface area contributed by atoms with Crippen LogP contribution in [0.1, 0.15) is 25.7 Å². The number of nitrogens with one attached hydrogen (secondary N) is 1. The number of hydrogen-bond acceptors (Lipinski definition) is 4. The first kappa shape index (κ1) is 14.9. The Hall–Kier alpha value is -2.05. The zero-order valence-electron chi connectivity index (χ0n) is 11.6. The monoisotopic (exact) mass is 374 g/mol. The van der Waals surface area contributed by atoms with Gasteiger partial charge in [0.25, 0.3) is 11.8 Å². The molecule has 3 rings (SSSR count). The minimum Gasteiger partial charge on any atom is -0.286 e. The van der Waals surface area contributed by atoms with Crippen LogP contribution in [0, 0.1) is 6.92 Å². The molecule has 0 radical (unpaired) electrons. The molecule has 4 nitrogen and oxygen atoms in total. The molecule has 0 aliphatic rings. The fraction of sp³-hybridized carbons (Fsp3) is 0.0625. The van der Waals surface area contributed by atoms with Gasteiger partial charge in [0.05, 0.1) is 10.2 Å². The summed E-state index contributed by atoms with van der Waals surface area (Å²) in [6, 6.07) is 12.7. The molecule has 0 fully saturated rings. The number of benzene rings is 2. The van der Waals surface area contributed by atoms with E-state index in [1.54, 1.807) is 18.2 Å². The smallest absolute Gasteiger partial charge is 0.286 e. The summed E-state index contributed by atoms with van der Waals surface area (Å²) in [5.41, 5.74) is 2.16. The Morgan fingerprint density at radius 2 is 1.95 bits per heavy atom. The number of carbonyl (C=O) groups is 2. The molecule has 110 valence electrons. The van der Waals surface area contributed by atoms with E-state index in [0.29, 0.717) is 5.56 Å². The van der Waals surface area contributed by atoms with Crippen LogP contribution in [0.5, 0.6) is 0 Å². The Bertz CT molecular complexity index is 889. The van der Waals surface area contributed by atoms with Crippen LogP contribution in [0.3, 0.4) is 0 Å². The van der Waals surface area contributed by atoms with Gasteiger partial charge < -0.3 is 0 Å². The van der Waals surface area contributed by atoms with Crippen LogP contribution in [0.15, 0.2) is 46.9 Å². The Labute approximate surface area is 139 Å². The third kappa shape index (κ3) is 3.08. The highest BCUT2D eigenvalue weighted by atomic mass is 79.9. The van der Waals surface area contributed by atoms with Gasteiger partial charge in [0.15, 0.2) is 5.01 Å². The lowest BCUT2D eigenvalue weighted by molar-refractivity contribution is 0.0849. The Kier molecular flexibility index (Phi) is 4.04. The van der Waals surface area contributed by atoms with E-state index in [-0.39, 0.29) is 5.01 Å². The number of aromatic nitrogens is 1. The molecule has 1 aromatic heterocycles. The van der Waals surface area contributed by atoms with Crippen LogP contribution >= 0.6 is 27.3 Å². The SMILES string of the molecule is Cc1cccc(C(=O)NC(=O)c2nc3ccc(Br)cc3s2)c1. The molecule has 1 N–H and O–H groups in total. The molecule has 0 aliphatic heterocycles. The van der Waals surface area contributed by atoms with E-state index in [2.05, 4.69) is 26.2 Å². The summed E-state index contributed by atoms with van der Waals surface area (Å²) in [4.78, 5) is 28.5. The largest absolute Gasteiger partial charge is 0.287 e. The third-order valence-electron chi connectivity index (χ3n) is 3.05. The Morgan fingerprint density at radius 1 is 1.14 bits per heavy atom. The molecule has 0 unspecified atom stereocenters. The second-order valence-electron chi connectivity index (χ2n) is 4.78. The van der Waals surface area contributed by atoms with Crippen molar-refractivity contribution in [1.29, 1.82) is 0 Å². The zero-order chi connectivity index (χ0) is 15.7. The van der Waals surface area contributed by atoms with Crippen molar-refractivity contribution in [3.63, 3.8) is 0 Å². The zero-order valence-corrected chi connectivity index (χ0v) is 14.0. The molecule has 0 atom stereocenters. The summed E-state index contributed by atoms with van der Waals surface area (Å²) < 4.78 is 1.81. The van der Waals surface area contributed by atoms with Gasteiger partial charge in [0.2, 0.25) is 0 Å². The van der Waals surface area contributed by atoms with Crippen LogP contribution in [0.25, 0.3) is 10.2 Å². The molecule has 3 aromatic rings. The van der Waals surface area contributed by atoms with Crippen molar-refractivity contribution < 1.29 is 9.59 Å². The van der Waals surface area contributed by atoms with E-state index in [4.69, 9.17) is 0 Å². The number of aryl methyl sites for hydroxylation is 1. The number of thiazole rings is 1. The summed E-state index contributed by atoms with van der Waals surface area (Å²) >= 11 is 4.64. The van der Waals surface area contributed by atoms with Gasteiger partial charge in [-0.3, -0.25) is 14.9 Å². The average molecular weight is 375 g/mol. The predicted molar refractivity (Wildman–Crippen MR) is 90.3 cm³/mol. The van der Waals surface area contributed by atoms with Gasteiger partial charge >= 0.3 is 0 Å². The number of nitrogens with zero attached hydrogens (tertiary/aromatic N) is 1. The van der Waals surface area contributed by atoms with Crippen LogP contribution in [-0.4, -0.2) is 16.8 Å². The van der Waals surface area contributed by atoms with Crippen molar-refractivity contribution in [3.8, 4) is 0 Å². The van der Waals surface area contributed by atoms with Gasteiger partial charge in [0.1, 0.15) is 0 Å². The van der Waals surface area contributed by atoms with E-state index < -0.39 is 11.8 Å². The molecule has 1 heterocycles. The quantitative estimate of drug-likeness (QED) is 0.691. The van der Waals surface area contributed by atoms with Crippen LogP contribution in [0.2, 0.25) is 0 Å². The molecule has 2 aromatic carbocycles. The lowest BCUT2D eigenvalue weighted by Gasteiger charge is -2.02. The number of carbonyl (C=O) groups excluding carboxylic acids is 2. The van der Waals surface area contributed by atoms with Gasteiger partial charge in [-0.25, -0.2) is 4.98 Å². The second kappa shape index (κ2) is 5.98. The maximum absolute atomic E-state index is 12.2. The molecular formula is C16H11BrN2O2S. The van der Waals surface area contributed by atoms with Gasteiger partial charge in [-0.2, -0.15) is 0 Å². The van der Waals surface area contributed by atoms with Crippen molar-refractivity contribution >= 4 is 49.3 Å². The first-order valence-corrected chi connectivity index (χ1v) is 8.12. The average Bonchev–Trinajstić information content (AvgIpc) is 2.90. The first-order chi connectivity index (χ1) is 10.5. The number of hydrogen-bond donors (Lipinski definition) is 1. The molecule has 22 heavy (non-hydrogen) atoms. The van der Waals surface area contributed by atoms with E-state index in [1.807, 2.05) is 31.2 Å². The van der Waals surface area contributed by atoms with Crippen LogP contribution < -0.4 is 5.32 Å². The number of amides is 2. The fourth-order valence-electron chi connectivity index (χ4n) is 2.01. The summed E-state index contributed by atoms with van der Waals surface area (Å²) in [6.45, 7) is 1.89. The Balaban J connectivity index is 1.82. The molecule has 0 spiro atoms. The molecule has 0 saturated heterocycles. The predicted octanol–water partition coefficient (Wildman–Crippen LogP) is 3.94. The highest BCUT2D eigenvalue weighted by Crippen LogP contribution is 2.25. The Morgan fingerprint density at radius 3 is 2.73 bits per heavy atom. The highest BCUT2D eigenvalue weighted by molar-refractivity contribution is 9.10. The molecule has 0 saturated carbocycles. The number of fused-ring (bicyclic) bond motifs is 1. The lowest BCUT2D eigenvalue weighted by atomic mass is 10.1. The third-order valence-corrected chi connectivity index (χ3v) is 4.56. The normalized spacial score (nSPS) is 10.6. The van der Waals surface area contributed by atoms with E-state index in [9.17, 15) is 9.59 Å². The van der Waals surface area contributed by atoms with E-state index >= 15 is 0 Å². The molecule has 0 aliphatic carbocycles. The first-order valence-electron chi connectivity index (χ1n) is 6.51. The maximum Gasteiger partial charge on any atom is 0.287 e. The maximum atomic E-state index is 12.2. The second-order valence-corrected chi connectivity index (χ2v) is 6.73.